The first-order chi connectivity index (χ1) is 11.3. The van der Waals surface area contributed by atoms with Gasteiger partial charge in [-0.2, -0.15) is 0 Å². The molecule has 5 heteroatoms. The van der Waals surface area contributed by atoms with Crippen molar-refractivity contribution in [1.82, 2.24) is 19.9 Å². The number of pyridine rings is 3. The van der Waals surface area contributed by atoms with Crippen molar-refractivity contribution in [2.75, 3.05) is 0 Å². The topological polar surface area (TPSA) is 41.9 Å². The van der Waals surface area contributed by atoms with Crippen molar-refractivity contribution in [1.29, 1.82) is 0 Å². The van der Waals surface area contributed by atoms with Crippen molar-refractivity contribution in [2.45, 2.75) is 19.6 Å². The lowest BCUT2D eigenvalue weighted by atomic mass is 10.2. The van der Waals surface area contributed by atoms with E-state index < -0.39 is 0 Å². The second-order valence-electron chi connectivity index (χ2n) is 5.26. The van der Waals surface area contributed by atoms with Gasteiger partial charge in [0.2, 0.25) is 0 Å². The van der Waals surface area contributed by atoms with E-state index in [0.29, 0.717) is 0 Å². The van der Waals surface area contributed by atoms with Crippen molar-refractivity contribution < 1.29 is 0 Å². The van der Waals surface area contributed by atoms with Gasteiger partial charge in [0.25, 0.3) is 0 Å². The van der Waals surface area contributed by atoms with Crippen LogP contribution in [0.5, 0.6) is 0 Å². The first-order valence-corrected chi connectivity index (χ1v) is 8.50. The Hall–Kier alpha value is -1.86. The third kappa shape index (κ3) is 5.07. The van der Waals surface area contributed by atoms with Crippen LogP contribution in [0, 0.1) is 3.57 Å². The van der Waals surface area contributed by atoms with E-state index in [4.69, 9.17) is 0 Å². The molecule has 0 unspecified atom stereocenters. The third-order valence-corrected chi connectivity index (χ3v) is 4.04. The van der Waals surface area contributed by atoms with E-state index in [9.17, 15) is 0 Å². The van der Waals surface area contributed by atoms with Gasteiger partial charge in [-0.05, 0) is 59.0 Å². The van der Waals surface area contributed by atoms with E-state index >= 15 is 0 Å². The predicted octanol–water partition coefficient (Wildman–Crippen LogP) is 3.68. The van der Waals surface area contributed by atoms with E-state index in [2.05, 4.69) is 54.6 Å². The fourth-order valence-corrected chi connectivity index (χ4v) is 2.66. The molecule has 0 aromatic carbocycles. The van der Waals surface area contributed by atoms with Crippen LogP contribution < -0.4 is 0 Å². The van der Waals surface area contributed by atoms with Crippen molar-refractivity contribution in [3.05, 3.63) is 87.8 Å². The summed E-state index contributed by atoms with van der Waals surface area (Å²) in [6.45, 7) is 2.31. The molecule has 3 heterocycles. The number of halogens is 1. The molecule has 23 heavy (non-hydrogen) atoms. The molecule has 0 aliphatic carbocycles. The molecule has 0 saturated heterocycles. The minimum Gasteiger partial charge on any atom is -0.286 e. The summed E-state index contributed by atoms with van der Waals surface area (Å²) in [4.78, 5) is 15.7. The highest BCUT2D eigenvalue weighted by molar-refractivity contribution is 14.1. The van der Waals surface area contributed by atoms with Crippen LogP contribution in [0.15, 0.2) is 67.1 Å². The summed E-state index contributed by atoms with van der Waals surface area (Å²) in [5.74, 6) is 0. The number of rotatable bonds is 6. The molecular weight excluding hydrogens is 399 g/mol. The van der Waals surface area contributed by atoms with Crippen LogP contribution in [0.25, 0.3) is 0 Å². The van der Waals surface area contributed by atoms with E-state index in [1.165, 1.54) is 0 Å². The smallest absolute Gasteiger partial charge is 0.0545 e. The summed E-state index contributed by atoms with van der Waals surface area (Å²) < 4.78 is 1.15. The molecule has 0 aliphatic heterocycles. The van der Waals surface area contributed by atoms with Crippen LogP contribution in [0.1, 0.15) is 17.1 Å². The molecule has 0 radical (unpaired) electrons. The molecule has 0 saturated carbocycles. The SMILES string of the molecule is Ic1ccc(CN(Cc2ccccn2)Cc2ccccn2)nc1. The van der Waals surface area contributed by atoms with Crippen LogP contribution in [0.4, 0.5) is 0 Å². The van der Waals surface area contributed by atoms with Gasteiger partial charge in [-0.3, -0.25) is 19.9 Å². The Morgan fingerprint density at radius 3 is 1.70 bits per heavy atom. The molecular formula is C18H17IN4. The number of hydrogen-bond acceptors (Lipinski definition) is 4. The highest BCUT2D eigenvalue weighted by Gasteiger charge is 2.10. The molecule has 3 rings (SSSR count). The molecule has 0 fully saturated rings. The normalized spacial score (nSPS) is 10.9. The van der Waals surface area contributed by atoms with Crippen LogP contribution in [-0.4, -0.2) is 19.9 Å². The van der Waals surface area contributed by atoms with Crippen molar-refractivity contribution in [3.8, 4) is 0 Å². The Labute approximate surface area is 149 Å². The summed E-state index contributed by atoms with van der Waals surface area (Å²) in [6.07, 6.45) is 5.56. The van der Waals surface area contributed by atoms with Crippen molar-refractivity contribution in [2.24, 2.45) is 0 Å². The zero-order valence-corrected chi connectivity index (χ0v) is 14.8. The van der Waals surface area contributed by atoms with Gasteiger partial charge in [-0.15, -0.1) is 0 Å². The van der Waals surface area contributed by atoms with Gasteiger partial charge in [0.15, 0.2) is 0 Å². The largest absolute Gasteiger partial charge is 0.286 e. The van der Waals surface area contributed by atoms with Crippen LogP contribution in [-0.2, 0) is 19.6 Å². The fourth-order valence-electron chi connectivity index (χ4n) is 2.34. The zero-order chi connectivity index (χ0) is 15.9. The zero-order valence-electron chi connectivity index (χ0n) is 12.6. The molecule has 0 atom stereocenters. The lowest BCUT2D eigenvalue weighted by Crippen LogP contribution is -2.24. The molecule has 3 aromatic rings. The first kappa shape index (κ1) is 16.0. The Bertz CT molecular complexity index is 676. The molecule has 0 spiro atoms. The summed E-state index contributed by atoms with van der Waals surface area (Å²) in [5.41, 5.74) is 3.15. The van der Waals surface area contributed by atoms with Crippen LogP contribution in [0.3, 0.4) is 0 Å². The van der Waals surface area contributed by atoms with Gasteiger partial charge >= 0.3 is 0 Å². The van der Waals surface area contributed by atoms with Gasteiger partial charge < -0.3 is 0 Å². The Balaban J connectivity index is 1.76. The average molecular weight is 416 g/mol. The van der Waals surface area contributed by atoms with Gasteiger partial charge in [0.1, 0.15) is 0 Å². The van der Waals surface area contributed by atoms with E-state index in [-0.39, 0.29) is 0 Å². The molecule has 0 aliphatic rings. The van der Waals surface area contributed by atoms with Gasteiger partial charge in [0.05, 0.1) is 17.1 Å². The van der Waals surface area contributed by atoms with Crippen LogP contribution in [0.2, 0.25) is 0 Å². The van der Waals surface area contributed by atoms with Crippen molar-refractivity contribution >= 4 is 22.6 Å². The first-order valence-electron chi connectivity index (χ1n) is 7.42. The minimum atomic E-state index is 0.768. The van der Waals surface area contributed by atoms with E-state index in [0.717, 1.165) is 40.3 Å². The van der Waals surface area contributed by atoms with Gasteiger partial charge in [0, 0.05) is 41.8 Å². The number of aromatic nitrogens is 3. The maximum atomic E-state index is 4.51. The molecule has 4 nitrogen and oxygen atoms in total. The predicted molar refractivity (Wildman–Crippen MR) is 98.4 cm³/mol. The van der Waals surface area contributed by atoms with E-state index in [1.807, 2.05) is 55.0 Å². The molecule has 3 aromatic heterocycles. The Morgan fingerprint density at radius 1 is 0.696 bits per heavy atom. The second kappa shape index (κ2) is 8.12. The van der Waals surface area contributed by atoms with Crippen molar-refractivity contribution in [3.63, 3.8) is 0 Å². The lowest BCUT2D eigenvalue weighted by molar-refractivity contribution is 0.239. The second-order valence-corrected chi connectivity index (χ2v) is 6.50. The lowest BCUT2D eigenvalue weighted by Gasteiger charge is -2.21. The quantitative estimate of drug-likeness (QED) is 0.575. The molecule has 116 valence electrons. The Morgan fingerprint density at radius 2 is 1.26 bits per heavy atom. The average Bonchev–Trinajstić information content (AvgIpc) is 2.59. The maximum Gasteiger partial charge on any atom is 0.0545 e. The van der Waals surface area contributed by atoms with Gasteiger partial charge in [-0.25, -0.2) is 0 Å². The van der Waals surface area contributed by atoms with Gasteiger partial charge in [-0.1, -0.05) is 12.1 Å². The summed E-state index contributed by atoms with van der Waals surface area (Å²) in [7, 11) is 0. The number of hydrogen-bond donors (Lipinski definition) is 0. The molecule has 0 bridgehead atoms. The monoisotopic (exact) mass is 416 g/mol. The summed E-state index contributed by atoms with van der Waals surface area (Å²) in [6, 6.07) is 16.2. The molecule has 0 N–H and O–H groups in total. The fraction of sp³-hybridized carbons (Fsp3) is 0.167. The highest BCUT2D eigenvalue weighted by Crippen LogP contribution is 2.12. The van der Waals surface area contributed by atoms with Crippen LogP contribution >= 0.6 is 22.6 Å². The maximum absolute atomic E-state index is 4.51. The summed E-state index contributed by atoms with van der Waals surface area (Å²) >= 11 is 2.27. The minimum absolute atomic E-state index is 0.768. The number of nitrogens with zero attached hydrogens (tertiary/aromatic N) is 4. The summed E-state index contributed by atoms with van der Waals surface area (Å²) in [5, 5.41) is 0. The van der Waals surface area contributed by atoms with E-state index in [1.54, 1.807) is 0 Å². The standard InChI is InChI=1S/C18H17IN4/c19-15-7-8-18(22-11-15)14-23(12-16-5-1-3-9-20-16)13-17-6-2-4-10-21-17/h1-11H,12-14H2. The highest BCUT2D eigenvalue weighted by atomic mass is 127. The molecule has 0 amide bonds. The third-order valence-electron chi connectivity index (χ3n) is 3.40. The Kier molecular flexibility index (Phi) is 5.65.